The van der Waals surface area contributed by atoms with Crippen molar-refractivity contribution in [2.45, 2.75) is 102 Å². The lowest BCUT2D eigenvalue weighted by molar-refractivity contribution is -0.144. The van der Waals surface area contributed by atoms with Gasteiger partial charge in [0.25, 0.3) is 0 Å². The molecule has 0 heterocycles. The number of carboxylic acid groups (broad SMARTS) is 3. The molecule has 0 aliphatic heterocycles. The fourth-order valence-electron chi connectivity index (χ4n) is 3.84. The molecule has 19 nitrogen and oxygen atoms in total. The first-order valence-corrected chi connectivity index (χ1v) is 14.0. The molecule has 0 aliphatic carbocycles. The maximum absolute atomic E-state index is 13.3. The number of hydrogen-bond donors (Lipinski definition) is 10. The van der Waals surface area contributed by atoms with Gasteiger partial charge in [0.15, 0.2) is 0 Å². The number of carboxylic acids is 3. The van der Waals surface area contributed by atoms with E-state index < -0.39 is 109 Å². The van der Waals surface area contributed by atoms with Gasteiger partial charge in [-0.25, -0.2) is 4.79 Å². The fraction of sp³-hybridized carbons (Fsp3) is 0.654. The lowest BCUT2D eigenvalue weighted by Gasteiger charge is -2.27. The molecular weight excluding hydrogens is 602 g/mol. The molecule has 0 aromatic rings. The monoisotopic (exact) mass is 645 g/mol. The Morgan fingerprint density at radius 1 is 0.533 bits per heavy atom. The van der Waals surface area contributed by atoms with Crippen molar-refractivity contribution in [1.82, 2.24) is 21.3 Å². The molecular formula is C26H43N7O12. The minimum Gasteiger partial charge on any atom is -0.481 e. The highest BCUT2D eigenvalue weighted by atomic mass is 16.4. The topological polar surface area (TPSA) is 340 Å². The molecule has 5 atom stereocenters. The van der Waals surface area contributed by atoms with Crippen LogP contribution in [0.4, 0.5) is 0 Å². The van der Waals surface area contributed by atoms with Gasteiger partial charge in [0.2, 0.25) is 35.4 Å². The number of nitrogens with two attached hydrogens (primary N) is 3. The van der Waals surface area contributed by atoms with E-state index in [-0.39, 0.29) is 38.0 Å². The third-order valence-corrected chi connectivity index (χ3v) is 6.23. The lowest BCUT2D eigenvalue weighted by Crippen LogP contribution is -2.58. The first kappa shape index (κ1) is 40.2. The van der Waals surface area contributed by atoms with Crippen molar-refractivity contribution in [3.63, 3.8) is 0 Å². The Morgan fingerprint density at radius 3 is 1.31 bits per heavy atom. The molecule has 0 unspecified atom stereocenters. The van der Waals surface area contributed by atoms with Crippen LogP contribution in [0.5, 0.6) is 0 Å². The number of rotatable bonds is 23. The van der Waals surface area contributed by atoms with Gasteiger partial charge in [-0.2, -0.15) is 0 Å². The van der Waals surface area contributed by atoms with Crippen LogP contribution in [0.25, 0.3) is 0 Å². The molecule has 254 valence electrons. The van der Waals surface area contributed by atoms with Crippen LogP contribution >= 0.6 is 0 Å². The van der Waals surface area contributed by atoms with E-state index in [2.05, 4.69) is 21.3 Å². The van der Waals surface area contributed by atoms with Gasteiger partial charge in [-0.05, 0) is 38.0 Å². The van der Waals surface area contributed by atoms with Crippen LogP contribution in [0, 0.1) is 5.92 Å². The van der Waals surface area contributed by atoms with Crippen molar-refractivity contribution in [3.8, 4) is 0 Å². The summed E-state index contributed by atoms with van der Waals surface area (Å²) in [6, 6.07) is -7.27. The Labute approximate surface area is 258 Å². The van der Waals surface area contributed by atoms with Gasteiger partial charge < -0.3 is 53.8 Å². The molecule has 19 heteroatoms. The summed E-state index contributed by atoms with van der Waals surface area (Å²) in [6.07, 6.45) is -3.21. The summed E-state index contributed by atoms with van der Waals surface area (Å²) in [6.45, 7) is 3.40. The summed E-state index contributed by atoms with van der Waals surface area (Å²) in [4.78, 5) is 108. The minimum absolute atomic E-state index is 0.0180. The maximum atomic E-state index is 13.3. The van der Waals surface area contributed by atoms with E-state index in [1.54, 1.807) is 13.8 Å². The van der Waals surface area contributed by atoms with Crippen molar-refractivity contribution in [3.05, 3.63) is 0 Å². The van der Waals surface area contributed by atoms with Gasteiger partial charge in [-0.3, -0.25) is 38.4 Å². The first-order valence-electron chi connectivity index (χ1n) is 14.0. The molecule has 0 aromatic heterocycles. The van der Waals surface area contributed by atoms with Crippen LogP contribution in [0.15, 0.2) is 0 Å². The van der Waals surface area contributed by atoms with Crippen LogP contribution < -0.4 is 38.5 Å². The Hall–Kier alpha value is -4.81. The van der Waals surface area contributed by atoms with Gasteiger partial charge in [-0.1, -0.05) is 13.8 Å². The Balaban J connectivity index is 5.98. The normalized spacial score (nSPS) is 14.1. The predicted octanol–water partition coefficient (Wildman–Crippen LogP) is -3.36. The van der Waals surface area contributed by atoms with Crippen molar-refractivity contribution in [2.24, 2.45) is 23.1 Å². The fourth-order valence-corrected chi connectivity index (χ4v) is 3.84. The summed E-state index contributed by atoms with van der Waals surface area (Å²) in [5.41, 5.74) is 16.0. The second-order valence-corrected chi connectivity index (χ2v) is 10.7. The molecule has 0 fully saturated rings. The van der Waals surface area contributed by atoms with E-state index in [1.165, 1.54) is 0 Å². The Morgan fingerprint density at radius 2 is 0.889 bits per heavy atom. The number of carbonyl (C=O) groups is 9. The van der Waals surface area contributed by atoms with Gasteiger partial charge in [0, 0.05) is 25.7 Å². The van der Waals surface area contributed by atoms with E-state index in [4.69, 9.17) is 27.4 Å². The van der Waals surface area contributed by atoms with E-state index in [9.17, 15) is 48.3 Å². The standard InChI is InChI=1S/C26H43N7O12/c1-12(2)11-17(33-24(42)14(4-8-19(29)35)30-22(40)13(27)3-7-18(28)34)25(43)31-15(5-9-20(36)37)23(41)32-16(26(44)45)6-10-21(38)39/h12-17H,3-11,27H2,1-2H3,(H2,28,34)(H2,29,35)(H,30,40)(H,31,43)(H,32,41)(H,33,42)(H,36,37)(H,38,39)(H,44,45)/t13-,14-,15-,16-,17-/m0/s1. The van der Waals surface area contributed by atoms with E-state index in [0.717, 1.165) is 0 Å². The zero-order valence-corrected chi connectivity index (χ0v) is 25.1. The predicted molar refractivity (Wildman–Crippen MR) is 153 cm³/mol. The van der Waals surface area contributed by atoms with Gasteiger partial charge in [0.1, 0.15) is 24.2 Å². The van der Waals surface area contributed by atoms with Crippen LogP contribution in [-0.2, 0) is 43.2 Å². The second kappa shape index (κ2) is 20.2. The molecule has 0 radical (unpaired) electrons. The first-order chi connectivity index (χ1) is 20.8. The molecule has 0 saturated heterocycles. The van der Waals surface area contributed by atoms with E-state index in [1.807, 2.05) is 0 Å². The van der Waals surface area contributed by atoms with Gasteiger partial charge in [0.05, 0.1) is 6.04 Å². The van der Waals surface area contributed by atoms with Crippen LogP contribution in [0.2, 0.25) is 0 Å². The van der Waals surface area contributed by atoms with E-state index >= 15 is 0 Å². The zero-order valence-electron chi connectivity index (χ0n) is 25.1. The number of aliphatic carboxylic acids is 3. The second-order valence-electron chi connectivity index (χ2n) is 10.7. The largest absolute Gasteiger partial charge is 0.481 e. The molecule has 0 saturated carbocycles. The van der Waals surface area contributed by atoms with Crippen LogP contribution in [0.3, 0.4) is 0 Å². The molecule has 0 rings (SSSR count). The Bertz CT molecular complexity index is 1110. The van der Waals surface area contributed by atoms with E-state index in [0.29, 0.717) is 0 Å². The highest BCUT2D eigenvalue weighted by Gasteiger charge is 2.32. The lowest BCUT2D eigenvalue weighted by atomic mass is 10.0. The number of hydrogen-bond acceptors (Lipinski definition) is 10. The van der Waals surface area contributed by atoms with Crippen molar-refractivity contribution >= 4 is 53.4 Å². The highest BCUT2D eigenvalue weighted by Crippen LogP contribution is 2.10. The SMILES string of the molecule is CC(C)C[C@H](NC(=O)[C@H](CCC(N)=O)NC(=O)[C@@H](N)CCC(N)=O)C(=O)N[C@@H](CCC(=O)O)C(=O)N[C@@H](CCC(=O)O)C(=O)O. The quantitative estimate of drug-likeness (QED) is 0.0520. The smallest absolute Gasteiger partial charge is 0.326 e. The Kier molecular flexibility index (Phi) is 18.0. The zero-order chi connectivity index (χ0) is 34.9. The summed E-state index contributed by atoms with van der Waals surface area (Å²) in [5, 5.41) is 36.5. The molecule has 0 spiro atoms. The van der Waals surface area contributed by atoms with Crippen LogP contribution in [-0.4, -0.2) is 98.9 Å². The average molecular weight is 646 g/mol. The highest BCUT2D eigenvalue weighted by molar-refractivity contribution is 5.96. The van der Waals surface area contributed by atoms with Gasteiger partial charge in [-0.15, -0.1) is 0 Å². The average Bonchev–Trinajstić information content (AvgIpc) is 2.92. The summed E-state index contributed by atoms with van der Waals surface area (Å²) in [5.74, 6) is -9.81. The molecule has 13 N–H and O–H groups in total. The van der Waals surface area contributed by atoms with Crippen molar-refractivity contribution in [1.29, 1.82) is 0 Å². The number of nitrogens with one attached hydrogen (secondary N) is 4. The van der Waals surface area contributed by atoms with Crippen molar-refractivity contribution in [2.75, 3.05) is 0 Å². The summed E-state index contributed by atoms with van der Waals surface area (Å²) >= 11 is 0. The van der Waals surface area contributed by atoms with Gasteiger partial charge >= 0.3 is 17.9 Å². The molecule has 0 aliphatic rings. The number of amides is 6. The van der Waals surface area contributed by atoms with Crippen LogP contribution in [0.1, 0.15) is 71.6 Å². The molecule has 45 heavy (non-hydrogen) atoms. The molecule has 6 amide bonds. The molecule has 0 aromatic carbocycles. The maximum Gasteiger partial charge on any atom is 0.326 e. The summed E-state index contributed by atoms with van der Waals surface area (Å²) < 4.78 is 0. The van der Waals surface area contributed by atoms with Crippen molar-refractivity contribution < 1.29 is 58.5 Å². The third kappa shape index (κ3) is 17.8. The number of primary amides is 2. The third-order valence-electron chi connectivity index (χ3n) is 6.23. The molecule has 0 bridgehead atoms. The summed E-state index contributed by atoms with van der Waals surface area (Å²) in [7, 11) is 0. The minimum atomic E-state index is -1.66. The number of carbonyl (C=O) groups excluding carboxylic acids is 6.